The Hall–Kier alpha value is 1.88. The molecule has 1 unspecified atom stereocenters. The van der Waals surface area contributed by atoms with E-state index >= 15 is 0 Å². The van der Waals surface area contributed by atoms with Gasteiger partial charge in [-0.1, -0.05) is 84.0 Å². The Morgan fingerprint density at radius 1 is 0.619 bits per heavy atom. The summed E-state index contributed by atoms with van der Waals surface area (Å²) in [5, 5.41) is 0. The summed E-state index contributed by atoms with van der Waals surface area (Å²) in [5.74, 6) is 0. The van der Waals surface area contributed by atoms with Crippen molar-refractivity contribution < 1.29 is 1.56 Å². The van der Waals surface area contributed by atoms with Gasteiger partial charge in [0.1, 0.15) is 0 Å². The summed E-state index contributed by atoms with van der Waals surface area (Å²) in [6.07, 6.45) is 19.5. The number of unbranched alkanes of at least 4 members (excludes halogenated alkanes) is 12. The van der Waals surface area contributed by atoms with Gasteiger partial charge < -0.3 is 0 Å². The first-order valence-electron chi connectivity index (χ1n) is 8.60. The van der Waals surface area contributed by atoms with Crippen molar-refractivity contribution in [2.75, 3.05) is 0 Å². The fourth-order valence-electron chi connectivity index (χ4n) is 2.48. The zero-order valence-electron chi connectivity index (χ0n) is 13.4. The highest BCUT2D eigenvalue weighted by Crippen LogP contribution is 2.38. The van der Waals surface area contributed by atoms with E-state index in [0.29, 0.717) is 6.51 Å². The SMILES string of the molecule is CCCCCCCCCCCCCCCC(Br)[N+](Br)(Br)Br. The molecule has 0 aromatic carbocycles. The Morgan fingerprint density at radius 2 is 0.952 bits per heavy atom. The molecule has 0 bridgehead atoms. The molecule has 0 radical (unpaired) electrons. The maximum Gasteiger partial charge on any atom is 0.253 e. The number of alkyl halides is 1. The van der Waals surface area contributed by atoms with Crippen LogP contribution in [0.25, 0.3) is 0 Å². The van der Waals surface area contributed by atoms with Gasteiger partial charge >= 0.3 is 0 Å². The first-order chi connectivity index (χ1) is 9.98. The average Bonchev–Trinajstić information content (AvgIpc) is 2.42. The maximum atomic E-state index is 3.66. The zero-order valence-corrected chi connectivity index (χ0v) is 19.8. The normalized spacial score (nSPS) is 13.6. The molecule has 0 aromatic rings. The Balaban J connectivity index is 3.13. The Morgan fingerprint density at radius 3 is 1.29 bits per heavy atom. The number of hydrogen-bond donors (Lipinski definition) is 0. The minimum atomic E-state index is 0.366. The molecule has 0 fully saturated rings. The lowest BCUT2D eigenvalue weighted by Gasteiger charge is -2.17. The first kappa shape index (κ1) is 22.9. The van der Waals surface area contributed by atoms with E-state index in [4.69, 9.17) is 0 Å². The van der Waals surface area contributed by atoms with Crippen molar-refractivity contribution in [3.8, 4) is 0 Å². The predicted molar refractivity (Wildman–Crippen MR) is 110 cm³/mol. The van der Waals surface area contributed by atoms with Crippen molar-refractivity contribution in [3.05, 3.63) is 0 Å². The van der Waals surface area contributed by atoms with Gasteiger partial charge in [0.25, 0.3) is 48.4 Å². The number of nitrogens with zero attached hydrogens (tertiary/aromatic N) is 1. The van der Waals surface area contributed by atoms with Crippen molar-refractivity contribution in [1.29, 1.82) is 0 Å². The van der Waals surface area contributed by atoms with E-state index in [0.717, 1.165) is 0 Å². The predicted octanol–water partition coefficient (Wildman–Crippen LogP) is 8.94. The average molecular weight is 558 g/mol. The molecule has 0 heterocycles. The van der Waals surface area contributed by atoms with Crippen molar-refractivity contribution in [2.45, 2.75) is 102 Å². The van der Waals surface area contributed by atoms with Gasteiger partial charge in [-0.3, -0.25) is 0 Å². The van der Waals surface area contributed by atoms with Crippen LogP contribution >= 0.6 is 64.4 Å². The lowest BCUT2D eigenvalue weighted by Crippen LogP contribution is -2.21. The van der Waals surface area contributed by atoms with Crippen molar-refractivity contribution in [3.63, 3.8) is 0 Å². The van der Waals surface area contributed by atoms with Gasteiger partial charge in [-0.25, -0.2) is 0 Å². The summed E-state index contributed by atoms with van der Waals surface area (Å²) in [7, 11) is 0. The monoisotopic (exact) mass is 554 g/mol. The van der Waals surface area contributed by atoms with E-state index < -0.39 is 0 Å². The highest BCUT2D eigenvalue weighted by Gasteiger charge is 2.29. The molecule has 0 saturated heterocycles. The molecule has 0 N–H and O–H groups in total. The third-order valence-corrected chi connectivity index (χ3v) is 8.07. The van der Waals surface area contributed by atoms with Crippen LogP contribution in [0.1, 0.15) is 96.8 Å². The third-order valence-electron chi connectivity index (χ3n) is 3.86. The molecule has 0 spiro atoms. The van der Waals surface area contributed by atoms with E-state index in [-0.39, 0.29) is 0 Å². The first-order valence-corrected chi connectivity index (χ1v) is 11.6. The van der Waals surface area contributed by atoms with Crippen LogP contribution in [0.4, 0.5) is 0 Å². The summed E-state index contributed by atoms with van der Waals surface area (Å²) in [6.45, 7) is 2.29. The number of hydrogen-bond acceptors (Lipinski definition) is 0. The summed E-state index contributed by atoms with van der Waals surface area (Å²) in [4.78, 5) is 0.366. The second kappa shape index (κ2) is 15.4. The highest BCUT2D eigenvalue weighted by molar-refractivity contribution is 9.27. The second-order valence-electron chi connectivity index (χ2n) is 5.95. The molecule has 128 valence electrons. The van der Waals surface area contributed by atoms with Crippen LogP contribution in [0, 0.1) is 0 Å². The van der Waals surface area contributed by atoms with Crippen LogP contribution in [0.2, 0.25) is 0 Å². The Bertz CT molecular complexity index is 219. The quantitative estimate of drug-likeness (QED) is 0.0816. The summed E-state index contributed by atoms with van der Waals surface area (Å²) in [6, 6.07) is 0. The van der Waals surface area contributed by atoms with Crippen LogP contribution in [0.15, 0.2) is 0 Å². The molecule has 21 heavy (non-hydrogen) atoms. The second-order valence-corrected chi connectivity index (χ2v) is 13.2. The van der Waals surface area contributed by atoms with Crippen molar-refractivity contribution in [2.24, 2.45) is 0 Å². The maximum absolute atomic E-state index is 3.66. The molecular weight excluding hydrogens is 526 g/mol. The molecule has 0 aliphatic carbocycles. The minimum Gasteiger partial charge on any atom is -0.111 e. The van der Waals surface area contributed by atoms with Crippen LogP contribution in [-0.4, -0.2) is 6.51 Å². The summed E-state index contributed by atoms with van der Waals surface area (Å²) >= 11 is 14.2. The topological polar surface area (TPSA) is 0 Å². The number of rotatable bonds is 15. The van der Waals surface area contributed by atoms with Gasteiger partial charge in [0.05, 0.1) is 0 Å². The summed E-state index contributed by atoms with van der Waals surface area (Å²) in [5.41, 5.74) is 0. The lowest BCUT2D eigenvalue weighted by atomic mass is 10.0. The third kappa shape index (κ3) is 16.5. The number of halogens is 4. The fourth-order valence-corrected chi connectivity index (χ4v) is 3.41. The van der Waals surface area contributed by atoms with Crippen LogP contribution < -0.4 is 0 Å². The van der Waals surface area contributed by atoms with Crippen LogP contribution in [0.3, 0.4) is 0 Å². The molecule has 0 saturated carbocycles. The van der Waals surface area contributed by atoms with Gasteiger partial charge in [-0.05, 0) is 22.4 Å². The number of quaternary nitrogens is 1. The van der Waals surface area contributed by atoms with E-state index in [1.165, 1.54) is 89.9 Å². The van der Waals surface area contributed by atoms with Gasteiger partial charge in [-0.15, -0.1) is 1.56 Å². The molecule has 0 amide bonds. The van der Waals surface area contributed by atoms with Gasteiger partial charge in [-0.2, -0.15) is 0 Å². The Kier molecular flexibility index (Phi) is 16.8. The van der Waals surface area contributed by atoms with Crippen molar-refractivity contribution in [1.82, 2.24) is 0 Å². The fraction of sp³-hybridized carbons (Fsp3) is 1.00. The molecular formula is C16H32Br4N+. The zero-order chi connectivity index (χ0) is 16.0. The van der Waals surface area contributed by atoms with Gasteiger partial charge in [0.15, 0.2) is 4.95 Å². The standard InChI is InChI=1S/C16H32Br4N/c1-2-3-4-5-6-7-8-9-10-11-12-13-14-15-16(17)21(18,19)20/h16H,2-15H2,1H3/q+1. The van der Waals surface area contributed by atoms with Crippen LogP contribution in [0.5, 0.6) is 0 Å². The molecule has 0 aliphatic heterocycles. The molecule has 1 nitrogen and oxygen atoms in total. The molecule has 0 rings (SSSR count). The van der Waals surface area contributed by atoms with Crippen LogP contribution in [-0.2, 0) is 0 Å². The molecule has 1 atom stereocenters. The molecule has 5 heteroatoms. The van der Waals surface area contributed by atoms with E-state index in [1.54, 1.807) is 0 Å². The van der Waals surface area contributed by atoms with E-state index in [2.05, 4.69) is 71.3 Å². The lowest BCUT2D eigenvalue weighted by molar-refractivity contribution is -0.435. The van der Waals surface area contributed by atoms with E-state index in [9.17, 15) is 0 Å². The highest BCUT2D eigenvalue weighted by atomic mass is 80.0. The van der Waals surface area contributed by atoms with Gasteiger partial charge in [0.2, 0.25) is 0 Å². The summed E-state index contributed by atoms with van der Waals surface area (Å²) < 4.78 is 0.464. The minimum absolute atomic E-state index is 0.366. The van der Waals surface area contributed by atoms with Gasteiger partial charge in [0, 0.05) is 6.42 Å². The largest absolute Gasteiger partial charge is 0.253 e. The molecule has 0 aliphatic rings. The Labute approximate surface area is 166 Å². The van der Waals surface area contributed by atoms with Crippen molar-refractivity contribution >= 4 is 64.4 Å². The molecule has 0 aromatic heterocycles. The van der Waals surface area contributed by atoms with E-state index in [1.807, 2.05) is 0 Å². The smallest absolute Gasteiger partial charge is 0.111 e.